The maximum atomic E-state index is 12.5. The van der Waals surface area contributed by atoms with Crippen LogP contribution in [0.1, 0.15) is 18.4 Å². The van der Waals surface area contributed by atoms with E-state index in [0.717, 1.165) is 42.9 Å². The van der Waals surface area contributed by atoms with Crippen molar-refractivity contribution in [1.82, 2.24) is 9.88 Å². The topological polar surface area (TPSA) is 70.0 Å². The Balaban J connectivity index is 1.59. The number of aromatic nitrogens is 1. The minimum absolute atomic E-state index is 0.00225. The van der Waals surface area contributed by atoms with Crippen molar-refractivity contribution >= 4 is 23.7 Å². The Morgan fingerprint density at radius 1 is 1.36 bits per heavy atom. The molecule has 0 saturated carbocycles. The molecule has 0 bridgehead atoms. The molecule has 1 aromatic rings. The Bertz CT molecular complexity index is 753. The fourth-order valence-electron chi connectivity index (χ4n) is 3.14. The summed E-state index contributed by atoms with van der Waals surface area (Å²) in [5.74, 6) is 0.660. The first-order valence-electron chi connectivity index (χ1n) is 8.47. The minimum atomic E-state index is 0.00225. The summed E-state index contributed by atoms with van der Waals surface area (Å²) in [4.78, 5) is 27.5. The number of nitrogens with zero attached hydrogens (tertiary/aromatic N) is 4. The van der Waals surface area contributed by atoms with Crippen LogP contribution in [0.4, 0.5) is 5.82 Å². The molecular weight excluding hydrogens is 314 g/mol. The molecule has 0 radical (unpaired) electrons. The Labute approximate surface area is 148 Å². The van der Waals surface area contributed by atoms with Crippen LogP contribution in [0, 0.1) is 12.8 Å². The number of allylic oxidation sites excluding steroid dienone is 1. The third-order valence-electron chi connectivity index (χ3n) is 4.57. The molecule has 3 heterocycles. The van der Waals surface area contributed by atoms with Gasteiger partial charge in [0, 0.05) is 38.5 Å². The van der Waals surface area contributed by atoms with Crippen LogP contribution in [0.15, 0.2) is 52.4 Å². The number of amides is 1. The van der Waals surface area contributed by atoms with E-state index in [4.69, 9.17) is 0 Å². The zero-order valence-corrected chi connectivity index (χ0v) is 14.7. The number of dihydropyridines is 1. The molecule has 25 heavy (non-hydrogen) atoms. The van der Waals surface area contributed by atoms with E-state index in [1.54, 1.807) is 19.5 Å². The molecule has 0 unspecified atom stereocenters. The number of piperidine rings is 1. The maximum absolute atomic E-state index is 12.5. The summed E-state index contributed by atoms with van der Waals surface area (Å²) in [6.07, 6.45) is 7.08. The SMILES string of the molecule is C=C1N=CC=C(N2CCC(C(=O)Nc3ccc(C)cn3)CC2)/C1=N/C. The number of likely N-dealkylation sites (tertiary alicyclic amines) is 1. The lowest BCUT2D eigenvalue weighted by molar-refractivity contribution is -0.121. The predicted molar refractivity (Wildman–Crippen MR) is 101 cm³/mol. The van der Waals surface area contributed by atoms with Crippen LogP contribution in [0.2, 0.25) is 0 Å². The maximum Gasteiger partial charge on any atom is 0.228 e. The minimum Gasteiger partial charge on any atom is -0.370 e. The fraction of sp³-hybridized carbons (Fsp3) is 0.368. The smallest absolute Gasteiger partial charge is 0.228 e. The number of carbonyl (C=O) groups excluding carboxylic acids is 1. The van der Waals surface area contributed by atoms with Crippen molar-refractivity contribution < 1.29 is 4.79 Å². The number of hydrogen-bond donors (Lipinski definition) is 1. The highest BCUT2D eigenvalue weighted by atomic mass is 16.1. The van der Waals surface area contributed by atoms with Gasteiger partial charge < -0.3 is 10.2 Å². The molecule has 1 aromatic heterocycles. The number of anilines is 1. The van der Waals surface area contributed by atoms with E-state index < -0.39 is 0 Å². The van der Waals surface area contributed by atoms with Crippen LogP contribution in [0.5, 0.6) is 0 Å². The summed E-state index contributed by atoms with van der Waals surface area (Å²) in [7, 11) is 1.75. The van der Waals surface area contributed by atoms with Gasteiger partial charge in [-0.3, -0.25) is 14.8 Å². The average Bonchev–Trinajstić information content (AvgIpc) is 2.63. The number of rotatable bonds is 3. The summed E-state index contributed by atoms with van der Waals surface area (Å²) in [6, 6.07) is 3.78. The van der Waals surface area contributed by atoms with E-state index in [2.05, 4.69) is 31.8 Å². The first-order valence-corrected chi connectivity index (χ1v) is 8.47. The second-order valence-corrected chi connectivity index (χ2v) is 6.32. The normalized spacial score (nSPS) is 19.9. The molecule has 1 saturated heterocycles. The van der Waals surface area contributed by atoms with Gasteiger partial charge in [0.1, 0.15) is 11.5 Å². The molecule has 6 nitrogen and oxygen atoms in total. The van der Waals surface area contributed by atoms with E-state index in [-0.39, 0.29) is 11.8 Å². The van der Waals surface area contributed by atoms with Crippen molar-refractivity contribution in [3.63, 3.8) is 0 Å². The number of pyridine rings is 1. The first-order chi connectivity index (χ1) is 12.1. The predicted octanol–water partition coefficient (Wildman–Crippen LogP) is 2.59. The van der Waals surface area contributed by atoms with Gasteiger partial charge in [-0.15, -0.1) is 0 Å². The van der Waals surface area contributed by atoms with Gasteiger partial charge in [-0.2, -0.15) is 0 Å². The molecule has 3 rings (SSSR count). The molecule has 1 fully saturated rings. The van der Waals surface area contributed by atoms with Crippen molar-refractivity contribution in [3.05, 3.63) is 47.9 Å². The molecule has 2 aliphatic rings. The number of aliphatic imine (C=N–C) groups is 2. The summed E-state index contributed by atoms with van der Waals surface area (Å²) in [5.41, 5.74) is 3.63. The zero-order valence-electron chi connectivity index (χ0n) is 14.7. The van der Waals surface area contributed by atoms with E-state index in [1.165, 1.54) is 0 Å². The molecule has 130 valence electrons. The van der Waals surface area contributed by atoms with Crippen LogP contribution in [-0.2, 0) is 4.79 Å². The van der Waals surface area contributed by atoms with E-state index in [0.29, 0.717) is 11.5 Å². The molecule has 0 atom stereocenters. The van der Waals surface area contributed by atoms with Gasteiger partial charge in [-0.25, -0.2) is 4.98 Å². The Hall–Kier alpha value is -2.76. The number of nitrogens with one attached hydrogen (secondary N) is 1. The Kier molecular flexibility index (Phi) is 5.07. The molecule has 6 heteroatoms. The van der Waals surface area contributed by atoms with Gasteiger partial charge >= 0.3 is 0 Å². The lowest BCUT2D eigenvalue weighted by Crippen LogP contribution is -2.40. The third kappa shape index (κ3) is 3.84. The molecule has 1 amide bonds. The van der Waals surface area contributed by atoms with E-state index in [9.17, 15) is 4.79 Å². The third-order valence-corrected chi connectivity index (χ3v) is 4.57. The van der Waals surface area contributed by atoms with Crippen molar-refractivity contribution in [3.8, 4) is 0 Å². The van der Waals surface area contributed by atoms with Crippen LogP contribution in [0.25, 0.3) is 0 Å². The molecule has 0 aromatic carbocycles. The molecular formula is C19H23N5O. The largest absolute Gasteiger partial charge is 0.370 e. The summed E-state index contributed by atoms with van der Waals surface area (Å²) >= 11 is 0. The summed E-state index contributed by atoms with van der Waals surface area (Å²) in [6.45, 7) is 7.54. The van der Waals surface area contributed by atoms with Gasteiger partial charge in [0.15, 0.2) is 0 Å². The van der Waals surface area contributed by atoms with Gasteiger partial charge in [-0.1, -0.05) is 12.6 Å². The highest BCUT2D eigenvalue weighted by molar-refractivity contribution is 6.15. The lowest BCUT2D eigenvalue weighted by atomic mass is 9.94. The van der Waals surface area contributed by atoms with Crippen molar-refractivity contribution in [2.24, 2.45) is 15.9 Å². The van der Waals surface area contributed by atoms with Crippen molar-refractivity contribution in [1.29, 1.82) is 0 Å². The summed E-state index contributed by atoms with van der Waals surface area (Å²) in [5, 5.41) is 2.92. The van der Waals surface area contributed by atoms with Crippen LogP contribution >= 0.6 is 0 Å². The Morgan fingerprint density at radius 2 is 2.12 bits per heavy atom. The second-order valence-electron chi connectivity index (χ2n) is 6.32. The van der Waals surface area contributed by atoms with Crippen molar-refractivity contribution in [2.75, 3.05) is 25.5 Å². The quantitative estimate of drug-likeness (QED) is 0.921. The zero-order chi connectivity index (χ0) is 17.8. The highest BCUT2D eigenvalue weighted by Crippen LogP contribution is 2.25. The Morgan fingerprint density at radius 3 is 2.76 bits per heavy atom. The lowest BCUT2D eigenvalue weighted by Gasteiger charge is -2.35. The first kappa shape index (κ1) is 17.1. The van der Waals surface area contributed by atoms with Crippen molar-refractivity contribution in [2.45, 2.75) is 19.8 Å². The van der Waals surface area contributed by atoms with Gasteiger partial charge in [0.25, 0.3) is 0 Å². The number of carbonyl (C=O) groups is 1. The second kappa shape index (κ2) is 7.42. The van der Waals surface area contributed by atoms with E-state index in [1.807, 2.05) is 25.1 Å². The average molecular weight is 337 g/mol. The molecule has 2 aliphatic heterocycles. The standard InChI is InChI=1S/C19H23N5O/c1-13-4-5-17(22-12-13)23-19(25)15-7-10-24(11-8-15)16-6-9-21-14(2)18(16)20-3/h4-6,9,12,15H,2,7-8,10-11H2,1,3H3,(H,22,23,25)/b20-18+. The molecule has 0 spiro atoms. The molecule has 1 N–H and O–H groups in total. The van der Waals surface area contributed by atoms with Crippen LogP contribution in [-0.4, -0.2) is 47.9 Å². The van der Waals surface area contributed by atoms with Gasteiger partial charge in [0.2, 0.25) is 5.91 Å². The monoisotopic (exact) mass is 337 g/mol. The molecule has 0 aliphatic carbocycles. The number of hydrogen-bond acceptors (Lipinski definition) is 5. The highest BCUT2D eigenvalue weighted by Gasteiger charge is 2.28. The van der Waals surface area contributed by atoms with Gasteiger partial charge in [0.05, 0.1) is 11.4 Å². The van der Waals surface area contributed by atoms with E-state index >= 15 is 0 Å². The fourth-order valence-corrected chi connectivity index (χ4v) is 3.14. The van der Waals surface area contributed by atoms with Crippen LogP contribution in [0.3, 0.4) is 0 Å². The van der Waals surface area contributed by atoms with Gasteiger partial charge in [-0.05, 0) is 37.5 Å². The number of aryl methyl sites for hydroxylation is 1. The van der Waals surface area contributed by atoms with Crippen LogP contribution < -0.4 is 5.32 Å². The summed E-state index contributed by atoms with van der Waals surface area (Å²) < 4.78 is 0.